The van der Waals surface area contributed by atoms with Gasteiger partial charge in [0, 0.05) is 5.56 Å². The zero-order valence-electron chi connectivity index (χ0n) is 12.3. The first kappa shape index (κ1) is 15.8. The van der Waals surface area contributed by atoms with Gasteiger partial charge in [0.05, 0.1) is 20.3 Å². The molecular formula is C16H26O3. The van der Waals surface area contributed by atoms with Crippen molar-refractivity contribution in [3.63, 3.8) is 0 Å². The molecule has 0 unspecified atom stereocenters. The molecule has 19 heavy (non-hydrogen) atoms. The smallest absolute Gasteiger partial charge is 0.166 e. The molecule has 1 aromatic carbocycles. The Labute approximate surface area is 116 Å². The van der Waals surface area contributed by atoms with Crippen LogP contribution in [0.4, 0.5) is 0 Å². The summed E-state index contributed by atoms with van der Waals surface area (Å²) in [6, 6.07) is 5.63. The molecule has 0 saturated heterocycles. The highest BCUT2D eigenvalue weighted by atomic mass is 16.5. The first-order chi connectivity index (χ1) is 9.24. The highest BCUT2D eigenvalue weighted by molar-refractivity contribution is 5.47. The van der Waals surface area contributed by atoms with Gasteiger partial charge >= 0.3 is 0 Å². The largest absolute Gasteiger partial charge is 0.493 e. The Hall–Kier alpha value is -1.22. The molecule has 0 bridgehead atoms. The summed E-state index contributed by atoms with van der Waals surface area (Å²) in [4.78, 5) is 0. The number of methoxy groups -OCH3 is 2. The number of unbranched alkanes of at least 4 members (excludes halogenated alkanes) is 4. The number of hydrogen-bond acceptors (Lipinski definition) is 3. The minimum atomic E-state index is -0.480. The van der Waals surface area contributed by atoms with Gasteiger partial charge in [-0.05, 0) is 12.5 Å². The fourth-order valence-electron chi connectivity index (χ4n) is 2.27. The minimum Gasteiger partial charge on any atom is -0.493 e. The maximum absolute atomic E-state index is 10.3. The quantitative estimate of drug-likeness (QED) is 0.684. The molecule has 0 aliphatic carbocycles. The number of rotatable bonds is 9. The van der Waals surface area contributed by atoms with Gasteiger partial charge in [0.15, 0.2) is 11.5 Å². The lowest BCUT2D eigenvalue weighted by Crippen LogP contribution is -2.02. The molecule has 3 heteroatoms. The standard InChI is InChI=1S/C16H26O3/c1-4-5-6-7-8-11-14(17)13-10-9-12-15(18-2)16(13)19-3/h9-10,12,14,17H,4-8,11H2,1-3H3/t14-/m1/s1. The van der Waals surface area contributed by atoms with Gasteiger partial charge in [0.25, 0.3) is 0 Å². The Balaban J connectivity index is 2.58. The van der Waals surface area contributed by atoms with Crippen LogP contribution in [0.2, 0.25) is 0 Å². The Morgan fingerprint density at radius 1 is 1.05 bits per heavy atom. The van der Waals surface area contributed by atoms with Gasteiger partial charge in [0.2, 0.25) is 0 Å². The van der Waals surface area contributed by atoms with Crippen molar-refractivity contribution in [1.82, 2.24) is 0 Å². The zero-order chi connectivity index (χ0) is 14.1. The Morgan fingerprint density at radius 3 is 2.42 bits per heavy atom. The molecule has 0 aromatic heterocycles. The second-order valence-corrected chi connectivity index (χ2v) is 4.80. The van der Waals surface area contributed by atoms with Crippen LogP contribution in [0.3, 0.4) is 0 Å². The predicted molar refractivity (Wildman–Crippen MR) is 77.9 cm³/mol. The van der Waals surface area contributed by atoms with Gasteiger partial charge in [-0.3, -0.25) is 0 Å². The number of benzene rings is 1. The van der Waals surface area contributed by atoms with E-state index in [1.165, 1.54) is 25.7 Å². The molecule has 0 spiro atoms. The maximum atomic E-state index is 10.3. The fourth-order valence-corrected chi connectivity index (χ4v) is 2.27. The van der Waals surface area contributed by atoms with Gasteiger partial charge in [-0.25, -0.2) is 0 Å². The van der Waals surface area contributed by atoms with Gasteiger partial charge in [-0.2, -0.15) is 0 Å². The monoisotopic (exact) mass is 266 g/mol. The van der Waals surface area contributed by atoms with Crippen LogP contribution in [0.15, 0.2) is 18.2 Å². The van der Waals surface area contributed by atoms with E-state index in [-0.39, 0.29) is 0 Å². The number of para-hydroxylation sites is 1. The summed E-state index contributed by atoms with van der Waals surface area (Å²) in [6.45, 7) is 2.20. The lowest BCUT2D eigenvalue weighted by Gasteiger charge is -2.17. The van der Waals surface area contributed by atoms with Crippen molar-refractivity contribution in [2.75, 3.05) is 14.2 Å². The average Bonchev–Trinajstić information content (AvgIpc) is 2.45. The molecule has 0 amide bonds. The first-order valence-corrected chi connectivity index (χ1v) is 7.13. The van der Waals surface area contributed by atoms with Crippen LogP contribution in [0.1, 0.15) is 57.1 Å². The molecule has 1 aromatic rings. The molecule has 1 rings (SSSR count). The van der Waals surface area contributed by atoms with Crippen molar-refractivity contribution in [3.05, 3.63) is 23.8 Å². The third-order valence-corrected chi connectivity index (χ3v) is 3.37. The zero-order valence-corrected chi connectivity index (χ0v) is 12.3. The normalized spacial score (nSPS) is 12.2. The van der Waals surface area contributed by atoms with E-state index in [9.17, 15) is 5.11 Å². The van der Waals surface area contributed by atoms with Gasteiger partial charge in [0.1, 0.15) is 0 Å². The maximum Gasteiger partial charge on any atom is 0.166 e. The molecule has 0 saturated carbocycles. The SMILES string of the molecule is CCCCCCC[C@@H](O)c1cccc(OC)c1OC. The third kappa shape index (κ3) is 4.75. The predicted octanol–water partition coefficient (Wildman–Crippen LogP) is 4.10. The van der Waals surface area contributed by atoms with E-state index in [2.05, 4.69) is 6.92 Å². The fraction of sp³-hybridized carbons (Fsp3) is 0.625. The van der Waals surface area contributed by atoms with Gasteiger partial charge < -0.3 is 14.6 Å². The van der Waals surface area contributed by atoms with E-state index in [1.807, 2.05) is 18.2 Å². The van der Waals surface area contributed by atoms with E-state index in [1.54, 1.807) is 14.2 Å². The molecule has 3 nitrogen and oxygen atoms in total. The van der Waals surface area contributed by atoms with Crippen LogP contribution in [0.5, 0.6) is 11.5 Å². The van der Waals surface area contributed by atoms with Gasteiger partial charge in [-0.15, -0.1) is 0 Å². The van der Waals surface area contributed by atoms with Crippen molar-refractivity contribution in [2.24, 2.45) is 0 Å². The molecule has 1 N–H and O–H groups in total. The summed E-state index contributed by atoms with van der Waals surface area (Å²) < 4.78 is 10.6. The van der Waals surface area contributed by atoms with Crippen LogP contribution in [0, 0.1) is 0 Å². The molecule has 108 valence electrons. The molecule has 1 atom stereocenters. The van der Waals surface area contributed by atoms with E-state index in [0.717, 1.165) is 18.4 Å². The van der Waals surface area contributed by atoms with Crippen LogP contribution in [0.25, 0.3) is 0 Å². The van der Waals surface area contributed by atoms with Crippen LogP contribution >= 0.6 is 0 Å². The highest BCUT2D eigenvalue weighted by Gasteiger charge is 2.16. The average molecular weight is 266 g/mol. The molecule has 0 heterocycles. The number of hydrogen-bond donors (Lipinski definition) is 1. The van der Waals surface area contributed by atoms with Crippen LogP contribution < -0.4 is 9.47 Å². The topological polar surface area (TPSA) is 38.7 Å². The second kappa shape index (κ2) is 8.81. The van der Waals surface area contributed by atoms with Crippen molar-refractivity contribution in [3.8, 4) is 11.5 Å². The molecule has 0 aliphatic heterocycles. The lowest BCUT2D eigenvalue weighted by molar-refractivity contribution is 0.158. The summed E-state index contributed by atoms with van der Waals surface area (Å²) in [6.07, 6.45) is 6.28. The molecule has 0 radical (unpaired) electrons. The van der Waals surface area contributed by atoms with E-state index >= 15 is 0 Å². The van der Waals surface area contributed by atoms with E-state index < -0.39 is 6.10 Å². The van der Waals surface area contributed by atoms with Crippen LogP contribution in [-0.2, 0) is 0 Å². The number of aliphatic hydroxyl groups excluding tert-OH is 1. The summed E-state index contributed by atoms with van der Waals surface area (Å²) in [5.74, 6) is 1.32. The van der Waals surface area contributed by atoms with Crippen LogP contribution in [-0.4, -0.2) is 19.3 Å². The Kier molecular flexibility index (Phi) is 7.34. The summed E-state index contributed by atoms with van der Waals surface area (Å²) in [5.41, 5.74) is 0.817. The molecular weight excluding hydrogens is 240 g/mol. The Bertz CT molecular complexity index is 363. The summed E-state index contributed by atoms with van der Waals surface area (Å²) >= 11 is 0. The summed E-state index contributed by atoms with van der Waals surface area (Å²) in [7, 11) is 3.22. The minimum absolute atomic E-state index is 0.480. The highest BCUT2D eigenvalue weighted by Crippen LogP contribution is 2.36. The van der Waals surface area contributed by atoms with Crippen molar-refractivity contribution in [2.45, 2.75) is 51.6 Å². The second-order valence-electron chi connectivity index (χ2n) is 4.80. The van der Waals surface area contributed by atoms with Crippen molar-refractivity contribution < 1.29 is 14.6 Å². The molecule has 0 aliphatic rings. The lowest BCUT2D eigenvalue weighted by atomic mass is 10.0. The van der Waals surface area contributed by atoms with E-state index in [4.69, 9.17) is 9.47 Å². The number of ether oxygens (including phenoxy) is 2. The third-order valence-electron chi connectivity index (χ3n) is 3.37. The molecule has 0 fully saturated rings. The summed E-state index contributed by atoms with van der Waals surface area (Å²) in [5, 5.41) is 10.3. The van der Waals surface area contributed by atoms with Crippen molar-refractivity contribution >= 4 is 0 Å². The van der Waals surface area contributed by atoms with Gasteiger partial charge in [-0.1, -0.05) is 51.2 Å². The number of aliphatic hydroxyl groups is 1. The Morgan fingerprint density at radius 2 is 1.79 bits per heavy atom. The van der Waals surface area contributed by atoms with Crippen molar-refractivity contribution in [1.29, 1.82) is 0 Å². The van der Waals surface area contributed by atoms with E-state index in [0.29, 0.717) is 11.5 Å². The first-order valence-electron chi connectivity index (χ1n) is 7.13.